The molecule has 0 radical (unpaired) electrons. The molecule has 2 N–H and O–H groups in total. The molecule has 3 rings (SSSR count). The monoisotopic (exact) mass is 283 g/mol. The largest absolute Gasteiger partial charge is 0.505 e. The molecule has 0 aliphatic heterocycles. The fourth-order valence-electron chi connectivity index (χ4n) is 2.09. The first-order valence-electron chi connectivity index (χ1n) is 6.54. The first-order chi connectivity index (χ1) is 10.2. The van der Waals surface area contributed by atoms with Gasteiger partial charge in [-0.15, -0.1) is 0 Å². The van der Waals surface area contributed by atoms with Gasteiger partial charge in [0.25, 0.3) is 0 Å². The highest BCUT2D eigenvalue weighted by molar-refractivity contribution is 5.60. The van der Waals surface area contributed by atoms with Crippen LogP contribution in [0.3, 0.4) is 0 Å². The Morgan fingerprint density at radius 3 is 2.76 bits per heavy atom. The molecule has 0 bridgehead atoms. The minimum Gasteiger partial charge on any atom is -0.505 e. The van der Waals surface area contributed by atoms with E-state index in [-0.39, 0.29) is 5.75 Å². The second-order valence-electron chi connectivity index (χ2n) is 4.61. The average Bonchev–Trinajstić information content (AvgIpc) is 3.03. The van der Waals surface area contributed by atoms with Crippen molar-refractivity contribution in [2.24, 2.45) is 0 Å². The lowest BCUT2D eigenvalue weighted by Crippen LogP contribution is -2.05. The van der Waals surface area contributed by atoms with Crippen LogP contribution in [0.4, 0.5) is 10.1 Å². The molecule has 0 saturated heterocycles. The van der Waals surface area contributed by atoms with E-state index in [1.807, 2.05) is 36.5 Å². The molecule has 0 fully saturated rings. The van der Waals surface area contributed by atoms with Gasteiger partial charge in [-0.3, -0.25) is 0 Å². The zero-order valence-electron chi connectivity index (χ0n) is 11.2. The van der Waals surface area contributed by atoms with Gasteiger partial charge in [0.1, 0.15) is 0 Å². The SMILES string of the molecule is Oc1ccc(CNc2ccccc2-n2cccn2)cc1F. The van der Waals surface area contributed by atoms with Crippen molar-refractivity contribution in [2.45, 2.75) is 6.54 Å². The van der Waals surface area contributed by atoms with Crippen LogP contribution in [-0.2, 0) is 6.54 Å². The van der Waals surface area contributed by atoms with Crippen LogP contribution in [0.1, 0.15) is 5.56 Å². The van der Waals surface area contributed by atoms with Crippen molar-refractivity contribution < 1.29 is 9.50 Å². The molecule has 0 aliphatic rings. The third kappa shape index (κ3) is 2.86. The van der Waals surface area contributed by atoms with Crippen LogP contribution in [0.2, 0.25) is 0 Å². The summed E-state index contributed by atoms with van der Waals surface area (Å²) in [5.74, 6) is -0.953. The summed E-state index contributed by atoms with van der Waals surface area (Å²) in [6, 6.07) is 14.0. The number of phenolic OH excluding ortho intramolecular Hbond substituents is 1. The van der Waals surface area contributed by atoms with Gasteiger partial charge in [0.15, 0.2) is 11.6 Å². The number of benzene rings is 2. The summed E-state index contributed by atoms with van der Waals surface area (Å²) >= 11 is 0. The third-order valence-corrected chi connectivity index (χ3v) is 3.15. The smallest absolute Gasteiger partial charge is 0.165 e. The minimum atomic E-state index is -0.616. The van der Waals surface area contributed by atoms with Crippen molar-refractivity contribution in [1.29, 1.82) is 0 Å². The lowest BCUT2D eigenvalue weighted by atomic mass is 10.2. The van der Waals surface area contributed by atoms with Crippen molar-refractivity contribution in [3.8, 4) is 11.4 Å². The van der Waals surface area contributed by atoms with Gasteiger partial charge < -0.3 is 10.4 Å². The minimum absolute atomic E-state index is 0.337. The van der Waals surface area contributed by atoms with Crippen LogP contribution in [0.5, 0.6) is 5.75 Å². The number of para-hydroxylation sites is 2. The molecular formula is C16H14FN3O. The maximum Gasteiger partial charge on any atom is 0.165 e. The maximum atomic E-state index is 13.3. The Hall–Kier alpha value is -2.82. The quantitative estimate of drug-likeness (QED) is 0.772. The maximum absolute atomic E-state index is 13.3. The third-order valence-electron chi connectivity index (χ3n) is 3.15. The zero-order chi connectivity index (χ0) is 14.7. The zero-order valence-corrected chi connectivity index (χ0v) is 11.2. The molecule has 0 amide bonds. The summed E-state index contributed by atoms with van der Waals surface area (Å²) in [6.45, 7) is 0.454. The molecule has 106 valence electrons. The number of anilines is 1. The fraction of sp³-hybridized carbons (Fsp3) is 0.0625. The second-order valence-corrected chi connectivity index (χ2v) is 4.61. The Morgan fingerprint density at radius 2 is 2.00 bits per heavy atom. The predicted molar refractivity (Wildman–Crippen MR) is 79.0 cm³/mol. The molecule has 3 aromatic rings. The van der Waals surface area contributed by atoms with E-state index in [0.717, 1.165) is 16.9 Å². The Bertz CT molecular complexity index is 741. The molecule has 21 heavy (non-hydrogen) atoms. The lowest BCUT2D eigenvalue weighted by Gasteiger charge is -2.12. The van der Waals surface area contributed by atoms with Crippen molar-refractivity contribution >= 4 is 5.69 Å². The highest BCUT2D eigenvalue weighted by Gasteiger charge is 2.05. The molecular weight excluding hydrogens is 269 g/mol. The van der Waals surface area contributed by atoms with E-state index in [4.69, 9.17) is 0 Å². The van der Waals surface area contributed by atoms with E-state index in [9.17, 15) is 9.50 Å². The normalized spacial score (nSPS) is 10.5. The molecule has 0 atom stereocenters. The van der Waals surface area contributed by atoms with E-state index in [2.05, 4.69) is 10.4 Å². The molecule has 2 aromatic carbocycles. The Balaban J connectivity index is 1.81. The number of hydrogen-bond acceptors (Lipinski definition) is 3. The summed E-state index contributed by atoms with van der Waals surface area (Å²) in [4.78, 5) is 0. The van der Waals surface area contributed by atoms with E-state index >= 15 is 0 Å². The van der Waals surface area contributed by atoms with E-state index in [0.29, 0.717) is 6.54 Å². The van der Waals surface area contributed by atoms with Crippen molar-refractivity contribution in [2.75, 3.05) is 5.32 Å². The van der Waals surface area contributed by atoms with E-state index in [1.54, 1.807) is 16.9 Å². The summed E-state index contributed by atoms with van der Waals surface area (Å²) in [5.41, 5.74) is 2.57. The standard InChI is InChI=1S/C16H14FN3O/c17-13-10-12(6-7-16(13)21)11-18-14-4-1-2-5-15(14)20-9-3-8-19-20/h1-10,18,21H,11H2. The van der Waals surface area contributed by atoms with Crippen molar-refractivity contribution in [1.82, 2.24) is 9.78 Å². The number of aromatic nitrogens is 2. The van der Waals surface area contributed by atoms with Crippen LogP contribution in [-0.4, -0.2) is 14.9 Å². The molecule has 0 aliphatic carbocycles. The van der Waals surface area contributed by atoms with Crippen LogP contribution >= 0.6 is 0 Å². The number of hydrogen-bond donors (Lipinski definition) is 2. The van der Waals surface area contributed by atoms with E-state index in [1.165, 1.54) is 12.1 Å². The van der Waals surface area contributed by atoms with Gasteiger partial charge in [-0.05, 0) is 35.9 Å². The summed E-state index contributed by atoms with van der Waals surface area (Å²) in [7, 11) is 0. The lowest BCUT2D eigenvalue weighted by molar-refractivity contribution is 0.432. The molecule has 0 spiro atoms. The van der Waals surface area contributed by atoms with Gasteiger partial charge >= 0.3 is 0 Å². The number of halogens is 1. The average molecular weight is 283 g/mol. The van der Waals surface area contributed by atoms with Crippen LogP contribution in [0.15, 0.2) is 60.9 Å². The van der Waals surface area contributed by atoms with Gasteiger partial charge in [-0.2, -0.15) is 5.10 Å². The van der Waals surface area contributed by atoms with Crippen LogP contribution in [0, 0.1) is 5.82 Å². The molecule has 0 unspecified atom stereocenters. The van der Waals surface area contributed by atoms with Gasteiger partial charge in [0.05, 0.1) is 11.4 Å². The van der Waals surface area contributed by atoms with Gasteiger partial charge in [0.2, 0.25) is 0 Å². The number of nitrogens with one attached hydrogen (secondary N) is 1. The van der Waals surface area contributed by atoms with Crippen molar-refractivity contribution in [3.63, 3.8) is 0 Å². The molecule has 4 nitrogen and oxygen atoms in total. The summed E-state index contributed by atoms with van der Waals surface area (Å²) in [6.07, 6.45) is 3.58. The fourth-order valence-corrected chi connectivity index (χ4v) is 2.09. The summed E-state index contributed by atoms with van der Waals surface area (Å²) < 4.78 is 15.1. The first kappa shape index (κ1) is 13.2. The van der Waals surface area contributed by atoms with Crippen LogP contribution in [0.25, 0.3) is 5.69 Å². The van der Waals surface area contributed by atoms with Gasteiger partial charge in [0, 0.05) is 18.9 Å². The number of phenols is 1. The number of aromatic hydroxyl groups is 1. The van der Waals surface area contributed by atoms with Gasteiger partial charge in [-0.25, -0.2) is 9.07 Å². The molecule has 1 heterocycles. The molecule has 1 aromatic heterocycles. The first-order valence-corrected chi connectivity index (χ1v) is 6.54. The summed E-state index contributed by atoms with van der Waals surface area (Å²) in [5, 5.41) is 16.7. The van der Waals surface area contributed by atoms with Gasteiger partial charge in [-0.1, -0.05) is 18.2 Å². The number of nitrogens with zero attached hydrogens (tertiary/aromatic N) is 2. The highest BCUT2D eigenvalue weighted by Crippen LogP contribution is 2.21. The number of rotatable bonds is 4. The Labute approximate surface area is 121 Å². The Morgan fingerprint density at radius 1 is 1.14 bits per heavy atom. The molecule has 0 saturated carbocycles. The second kappa shape index (κ2) is 5.66. The molecule has 5 heteroatoms. The topological polar surface area (TPSA) is 50.1 Å². The predicted octanol–water partition coefficient (Wildman–Crippen LogP) is 3.33. The Kier molecular flexibility index (Phi) is 3.55. The van der Waals surface area contributed by atoms with Crippen molar-refractivity contribution in [3.05, 3.63) is 72.3 Å². The van der Waals surface area contributed by atoms with E-state index < -0.39 is 5.82 Å². The highest BCUT2D eigenvalue weighted by atomic mass is 19.1. The van der Waals surface area contributed by atoms with Crippen LogP contribution < -0.4 is 5.32 Å².